The lowest BCUT2D eigenvalue weighted by molar-refractivity contribution is -0.131. The van der Waals surface area contributed by atoms with Crippen LogP contribution in [0.3, 0.4) is 0 Å². The largest absolute Gasteiger partial charge is 0.485 e. The van der Waals surface area contributed by atoms with Crippen LogP contribution in [-0.4, -0.2) is 24.5 Å². The highest BCUT2D eigenvalue weighted by Gasteiger charge is 2.27. The Bertz CT molecular complexity index is 803. The molecule has 1 aromatic heterocycles. The van der Waals surface area contributed by atoms with Gasteiger partial charge in [0.25, 0.3) is 11.8 Å². The number of rotatable bonds is 5. The molecule has 1 aliphatic heterocycles. The number of carbonyl (C=O) groups excluding carboxylic acids is 2. The normalized spacial score (nSPS) is 15.4. The molecule has 2 amide bonds. The molecule has 0 fully saturated rings. The zero-order chi connectivity index (χ0) is 18.5. The van der Waals surface area contributed by atoms with Gasteiger partial charge >= 0.3 is 0 Å². The van der Waals surface area contributed by atoms with Gasteiger partial charge in [0, 0.05) is 4.88 Å². The minimum absolute atomic E-state index is 0.0956. The van der Waals surface area contributed by atoms with Gasteiger partial charge in [-0.05, 0) is 36.6 Å². The number of hydrogen-bond donors (Lipinski definition) is 2. The second-order valence-corrected chi connectivity index (χ2v) is 7.11. The third-order valence-corrected chi connectivity index (χ3v) is 5.31. The molecule has 1 aliphatic rings. The highest BCUT2D eigenvalue weighted by atomic mass is 32.1. The summed E-state index contributed by atoms with van der Waals surface area (Å²) in [4.78, 5) is 26.4. The Hall–Kier alpha value is -2.54. The number of ether oxygens (including phenoxy) is 2. The van der Waals surface area contributed by atoms with Gasteiger partial charge in [0.2, 0.25) is 6.10 Å². The van der Waals surface area contributed by atoms with E-state index in [1.54, 1.807) is 18.2 Å². The average Bonchev–Trinajstić information content (AvgIpc) is 3.09. The van der Waals surface area contributed by atoms with Gasteiger partial charge in [-0.2, -0.15) is 0 Å². The number of aryl methyl sites for hydroxylation is 2. The molecule has 0 aliphatic carbocycles. The molecule has 0 bridgehead atoms. The molecule has 7 heteroatoms. The third-order valence-electron chi connectivity index (χ3n) is 4.08. The zero-order valence-corrected chi connectivity index (χ0v) is 15.7. The van der Waals surface area contributed by atoms with Crippen molar-refractivity contribution in [1.29, 1.82) is 0 Å². The van der Waals surface area contributed by atoms with Gasteiger partial charge in [-0.1, -0.05) is 32.4 Å². The molecule has 2 N–H and O–H groups in total. The summed E-state index contributed by atoms with van der Waals surface area (Å²) in [5.74, 6) is 0.349. The first-order valence-electron chi connectivity index (χ1n) is 8.72. The van der Waals surface area contributed by atoms with Crippen LogP contribution in [0.4, 0.5) is 0 Å². The van der Waals surface area contributed by atoms with E-state index in [9.17, 15) is 9.59 Å². The lowest BCUT2D eigenvalue weighted by Gasteiger charge is -2.25. The Balaban J connectivity index is 1.57. The molecule has 0 saturated carbocycles. The van der Waals surface area contributed by atoms with Gasteiger partial charge in [0.05, 0.1) is 4.88 Å². The maximum Gasteiger partial charge on any atom is 0.283 e. The highest BCUT2D eigenvalue weighted by Crippen LogP contribution is 2.30. The van der Waals surface area contributed by atoms with Gasteiger partial charge < -0.3 is 9.47 Å². The number of benzene rings is 1. The van der Waals surface area contributed by atoms with Crippen LogP contribution in [0, 0.1) is 0 Å². The van der Waals surface area contributed by atoms with Crippen LogP contribution in [0.15, 0.2) is 30.3 Å². The van der Waals surface area contributed by atoms with E-state index >= 15 is 0 Å². The zero-order valence-electron chi connectivity index (χ0n) is 14.8. The summed E-state index contributed by atoms with van der Waals surface area (Å²) in [6, 6.07) is 9.05. The molecular formula is C19H22N2O4S. The number of carbonyl (C=O) groups is 2. The van der Waals surface area contributed by atoms with E-state index in [2.05, 4.69) is 24.7 Å². The third kappa shape index (κ3) is 3.99. The Labute approximate surface area is 156 Å². The first-order chi connectivity index (χ1) is 12.6. The molecule has 6 nitrogen and oxygen atoms in total. The van der Waals surface area contributed by atoms with Crippen LogP contribution >= 0.6 is 11.3 Å². The van der Waals surface area contributed by atoms with E-state index in [0.29, 0.717) is 16.4 Å². The van der Waals surface area contributed by atoms with Crippen LogP contribution in [0.5, 0.6) is 11.5 Å². The summed E-state index contributed by atoms with van der Waals surface area (Å²) >= 11 is 1.48. The van der Waals surface area contributed by atoms with Crippen molar-refractivity contribution in [3.63, 3.8) is 0 Å². The average molecular weight is 374 g/mol. The summed E-state index contributed by atoms with van der Waals surface area (Å²) in [6.45, 7) is 4.28. The number of hydrazine groups is 1. The molecule has 1 aromatic carbocycles. The Morgan fingerprint density at radius 3 is 2.69 bits per heavy atom. The van der Waals surface area contributed by atoms with Gasteiger partial charge in [-0.25, -0.2) is 0 Å². The lowest BCUT2D eigenvalue weighted by atomic mass is 10.1. The highest BCUT2D eigenvalue weighted by molar-refractivity contribution is 7.14. The molecule has 1 atom stereocenters. The van der Waals surface area contributed by atoms with Crippen LogP contribution in [0.2, 0.25) is 0 Å². The first-order valence-corrected chi connectivity index (χ1v) is 9.54. The molecule has 2 heterocycles. The topological polar surface area (TPSA) is 76.7 Å². The van der Waals surface area contributed by atoms with Crippen LogP contribution in [0.1, 0.15) is 40.4 Å². The quantitative estimate of drug-likeness (QED) is 0.789. The lowest BCUT2D eigenvalue weighted by Crippen LogP contribution is -2.50. The van der Waals surface area contributed by atoms with Crippen molar-refractivity contribution in [3.05, 3.63) is 45.6 Å². The summed E-state index contributed by atoms with van der Waals surface area (Å²) in [5.41, 5.74) is 6.08. The maximum absolute atomic E-state index is 12.3. The summed E-state index contributed by atoms with van der Waals surface area (Å²) in [6.07, 6.45) is 2.07. The Kier molecular flexibility index (Phi) is 5.78. The number of fused-ring (bicyclic) bond motifs is 1. The summed E-state index contributed by atoms with van der Waals surface area (Å²) < 4.78 is 11.1. The monoisotopic (exact) mass is 374 g/mol. The molecule has 2 aromatic rings. The smallest absolute Gasteiger partial charge is 0.283 e. The molecule has 3 rings (SSSR count). The number of thiophene rings is 1. The summed E-state index contributed by atoms with van der Waals surface area (Å²) in [7, 11) is 0. The van der Waals surface area contributed by atoms with E-state index in [1.807, 2.05) is 12.1 Å². The van der Waals surface area contributed by atoms with Crippen molar-refractivity contribution in [2.24, 2.45) is 0 Å². The van der Waals surface area contributed by atoms with E-state index in [-0.39, 0.29) is 12.5 Å². The minimum Gasteiger partial charge on any atom is -0.485 e. The van der Waals surface area contributed by atoms with Gasteiger partial charge in [-0.3, -0.25) is 20.4 Å². The maximum atomic E-state index is 12.3. The second kappa shape index (κ2) is 8.23. The van der Waals surface area contributed by atoms with Crippen molar-refractivity contribution >= 4 is 23.2 Å². The van der Waals surface area contributed by atoms with Gasteiger partial charge in [0.15, 0.2) is 11.5 Å². The second-order valence-electron chi connectivity index (χ2n) is 5.97. The molecule has 1 unspecified atom stereocenters. The minimum atomic E-state index is -0.810. The van der Waals surface area contributed by atoms with Crippen molar-refractivity contribution in [2.75, 3.05) is 6.61 Å². The summed E-state index contributed by atoms with van der Waals surface area (Å²) in [5, 5.41) is 0. The number of amides is 2. The van der Waals surface area contributed by atoms with Crippen molar-refractivity contribution in [3.8, 4) is 11.5 Å². The predicted molar refractivity (Wildman–Crippen MR) is 99.7 cm³/mol. The van der Waals surface area contributed by atoms with E-state index in [4.69, 9.17) is 9.47 Å². The van der Waals surface area contributed by atoms with Gasteiger partial charge in [-0.15, -0.1) is 11.3 Å². The fraction of sp³-hybridized carbons (Fsp3) is 0.368. The van der Waals surface area contributed by atoms with E-state index in [1.165, 1.54) is 21.8 Å². The molecule has 0 saturated heterocycles. The fourth-order valence-electron chi connectivity index (χ4n) is 2.73. The molecule has 138 valence electrons. The van der Waals surface area contributed by atoms with Crippen LogP contribution < -0.4 is 20.3 Å². The molecule has 0 radical (unpaired) electrons. The molecular weight excluding hydrogens is 352 g/mol. The van der Waals surface area contributed by atoms with E-state index < -0.39 is 12.0 Å². The molecule has 0 spiro atoms. The fourth-order valence-corrected chi connectivity index (χ4v) is 3.98. The van der Waals surface area contributed by atoms with Crippen molar-refractivity contribution in [1.82, 2.24) is 10.9 Å². The van der Waals surface area contributed by atoms with E-state index in [0.717, 1.165) is 19.3 Å². The Morgan fingerprint density at radius 2 is 1.96 bits per heavy atom. The Morgan fingerprint density at radius 1 is 1.19 bits per heavy atom. The van der Waals surface area contributed by atoms with Crippen molar-refractivity contribution < 1.29 is 19.1 Å². The first kappa shape index (κ1) is 18.3. The standard InChI is InChI=1S/C19H22N2O4S/c1-3-7-16-12(4-2)10-17(26-16)19(23)21-20-18(22)15-11-24-13-8-5-6-9-14(13)25-15/h5-6,8-10,15H,3-4,7,11H2,1-2H3,(H,20,22)(H,21,23). The van der Waals surface area contributed by atoms with Gasteiger partial charge in [0.1, 0.15) is 6.61 Å². The number of hydrogen-bond acceptors (Lipinski definition) is 5. The number of nitrogens with one attached hydrogen (secondary N) is 2. The van der Waals surface area contributed by atoms with Crippen LogP contribution in [0.25, 0.3) is 0 Å². The SMILES string of the molecule is CCCc1sc(C(=O)NNC(=O)C2COc3ccccc3O2)cc1CC. The van der Waals surface area contributed by atoms with Crippen molar-refractivity contribution in [2.45, 2.75) is 39.2 Å². The number of para-hydroxylation sites is 2. The predicted octanol–water partition coefficient (Wildman–Crippen LogP) is 2.86. The molecule has 26 heavy (non-hydrogen) atoms. The van der Waals surface area contributed by atoms with Crippen LogP contribution in [-0.2, 0) is 17.6 Å².